The Bertz CT molecular complexity index is 935. The van der Waals surface area contributed by atoms with Gasteiger partial charge >= 0.3 is 0 Å². The van der Waals surface area contributed by atoms with E-state index >= 15 is 0 Å². The minimum absolute atomic E-state index is 0.228. The second-order valence-electron chi connectivity index (χ2n) is 6.68. The average Bonchev–Trinajstić information content (AvgIpc) is 3.31. The SMILES string of the molecule is COc1ccccc1N1CCN(c2ncc(C(=O)NCc3ccco3)cn2)CC1. The monoisotopic (exact) mass is 393 g/mol. The Morgan fingerprint density at radius 1 is 1.07 bits per heavy atom. The van der Waals surface area contributed by atoms with E-state index in [1.807, 2.05) is 24.3 Å². The molecule has 0 atom stereocenters. The van der Waals surface area contributed by atoms with E-state index in [4.69, 9.17) is 9.15 Å². The molecular formula is C21H23N5O3. The summed E-state index contributed by atoms with van der Waals surface area (Å²) in [6, 6.07) is 11.6. The van der Waals surface area contributed by atoms with E-state index in [9.17, 15) is 4.79 Å². The average molecular weight is 393 g/mol. The molecule has 0 bridgehead atoms. The van der Waals surface area contributed by atoms with Crippen molar-refractivity contribution in [2.45, 2.75) is 6.54 Å². The number of amides is 1. The third-order valence-electron chi connectivity index (χ3n) is 4.89. The topological polar surface area (TPSA) is 83.7 Å². The molecule has 1 aromatic carbocycles. The summed E-state index contributed by atoms with van der Waals surface area (Å²) in [6.45, 7) is 3.60. The quantitative estimate of drug-likeness (QED) is 0.688. The Balaban J connectivity index is 1.33. The molecule has 8 heteroatoms. The molecule has 1 aliphatic rings. The number of furan rings is 1. The van der Waals surface area contributed by atoms with Gasteiger partial charge in [-0.05, 0) is 24.3 Å². The van der Waals surface area contributed by atoms with E-state index in [-0.39, 0.29) is 5.91 Å². The van der Waals surface area contributed by atoms with Crippen LogP contribution in [-0.2, 0) is 6.54 Å². The first kappa shape index (κ1) is 18.8. The lowest BCUT2D eigenvalue weighted by Gasteiger charge is -2.36. The van der Waals surface area contributed by atoms with Gasteiger partial charge in [-0.2, -0.15) is 0 Å². The minimum Gasteiger partial charge on any atom is -0.495 e. The van der Waals surface area contributed by atoms with Gasteiger partial charge in [-0.15, -0.1) is 0 Å². The number of piperazine rings is 1. The lowest BCUT2D eigenvalue weighted by atomic mass is 10.2. The van der Waals surface area contributed by atoms with Crippen LogP contribution in [0.4, 0.5) is 11.6 Å². The van der Waals surface area contributed by atoms with Crippen LogP contribution in [0.25, 0.3) is 0 Å². The number of methoxy groups -OCH3 is 1. The van der Waals surface area contributed by atoms with Gasteiger partial charge in [0.15, 0.2) is 0 Å². The van der Waals surface area contributed by atoms with Gasteiger partial charge in [-0.1, -0.05) is 12.1 Å². The number of aromatic nitrogens is 2. The molecule has 0 aliphatic carbocycles. The van der Waals surface area contributed by atoms with Crippen LogP contribution in [-0.4, -0.2) is 49.2 Å². The van der Waals surface area contributed by atoms with Crippen molar-refractivity contribution in [2.75, 3.05) is 43.1 Å². The lowest BCUT2D eigenvalue weighted by Crippen LogP contribution is -2.47. The first-order valence-electron chi connectivity index (χ1n) is 9.50. The Morgan fingerprint density at radius 2 is 1.79 bits per heavy atom. The van der Waals surface area contributed by atoms with Crippen LogP contribution in [0.5, 0.6) is 5.75 Å². The van der Waals surface area contributed by atoms with Gasteiger partial charge in [0.2, 0.25) is 5.95 Å². The lowest BCUT2D eigenvalue weighted by molar-refractivity contribution is 0.0947. The highest BCUT2D eigenvalue weighted by molar-refractivity contribution is 5.93. The fourth-order valence-corrected chi connectivity index (χ4v) is 3.32. The molecule has 1 aliphatic heterocycles. The summed E-state index contributed by atoms with van der Waals surface area (Å²) < 4.78 is 10.7. The summed E-state index contributed by atoms with van der Waals surface area (Å²) in [6.07, 6.45) is 4.70. The van der Waals surface area contributed by atoms with E-state index in [2.05, 4.69) is 31.2 Å². The molecule has 1 amide bonds. The van der Waals surface area contributed by atoms with Gasteiger partial charge in [0.25, 0.3) is 5.91 Å². The number of rotatable bonds is 6. The zero-order chi connectivity index (χ0) is 20.1. The maximum Gasteiger partial charge on any atom is 0.254 e. The molecule has 1 fully saturated rings. The van der Waals surface area contributed by atoms with E-state index in [0.29, 0.717) is 23.8 Å². The summed E-state index contributed by atoms with van der Waals surface area (Å²) >= 11 is 0. The number of nitrogens with zero attached hydrogens (tertiary/aromatic N) is 4. The van der Waals surface area contributed by atoms with Crippen molar-refractivity contribution >= 4 is 17.5 Å². The fourth-order valence-electron chi connectivity index (χ4n) is 3.32. The zero-order valence-electron chi connectivity index (χ0n) is 16.2. The van der Waals surface area contributed by atoms with Crippen molar-refractivity contribution in [1.29, 1.82) is 0 Å². The number of nitrogens with one attached hydrogen (secondary N) is 1. The van der Waals surface area contributed by atoms with Crippen molar-refractivity contribution in [3.05, 3.63) is 66.4 Å². The standard InChI is InChI=1S/C21H23N5O3/c1-28-19-7-3-2-6-18(19)25-8-10-26(11-9-25)21-23-13-16(14-24-21)20(27)22-15-17-5-4-12-29-17/h2-7,12-14H,8-11,15H2,1H3,(H,22,27). The summed E-state index contributed by atoms with van der Waals surface area (Å²) in [5.41, 5.74) is 1.52. The number of hydrogen-bond donors (Lipinski definition) is 1. The van der Waals surface area contributed by atoms with Crippen molar-refractivity contribution < 1.29 is 13.9 Å². The Labute approximate surface area is 169 Å². The predicted molar refractivity (Wildman–Crippen MR) is 109 cm³/mol. The molecule has 0 spiro atoms. The summed E-state index contributed by atoms with van der Waals surface area (Å²) in [4.78, 5) is 25.4. The number of anilines is 2. The molecule has 29 heavy (non-hydrogen) atoms. The number of carbonyl (C=O) groups is 1. The molecule has 150 valence electrons. The van der Waals surface area contributed by atoms with Crippen LogP contribution in [0.2, 0.25) is 0 Å². The number of benzene rings is 1. The molecule has 0 radical (unpaired) electrons. The van der Waals surface area contributed by atoms with E-state index in [0.717, 1.165) is 37.6 Å². The van der Waals surface area contributed by atoms with Crippen molar-refractivity contribution in [3.8, 4) is 5.75 Å². The van der Waals surface area contributed by atoms with E-state index < -0.39 is 0 Å². The van der Waals surface area contributed by atoms with Crippen LogP contribution in [0.3, 0.4) is 0 Å². The number of carbonyl (C=O) groups excluding carboxylic acids is 1. The highest BCUT2D eigenvalue weighted by Gasteiger charge is 2.21. The van der Waals surface area contributed by atoms with Gasteiger partial charge in [0.05, 0.1) is 31.2 Å². The molecule has 4 rings (SSSR count). The van der Waals surface area contributed by atoms with Crippen LogP contribution < -0.4 is 19.9 Å². The number of para-hydroxylation sites is 2. The molecule has 3 heterocycles. The van der Waals surface area contributed by atoms with Crippen LogP contribution in [0.1, 0.15) is 16.1 Å². The van der Waals surface area contributed by atoms with Gasteiger partial charge < -0.3 is 24.3 Å². The fraction of sp³-hybridized carbons (Fsp3) is 0.286. The molecule has 1 saturated heterocycles. The van der Waals surface area contributed by atoms with Gasteiger partial charge in [0.1, 0.15) is 11.5 Å². The molecule has 2 aromatic heterocycles. The molecular weight excluding hydrogens is 370 g/mol. The largest absolute Gasteiger partial charge is 0.495 e. The molecule has 3 aromatic rings. The maximum absolute atomic E-state index is 12.2. The predicted octanol–water partition coefficient (Wildman–Crippen LogP) is 2.33. The maximum atomic E-state index is 12.2. The number of hydrogen-bond acceptors (Lipinski definition) is 7. The second-order valence-corrected chi connectivity index (χ2v) is 6.68. The summed E-state index contributed by atoms with van der Waals surface area (Å²) in [5, 5.41) is 2.79. The summed E-state index contributed by atoms with van der Waals surface area (Å²) in [7, 11) is 1.69. The van der Waals surface area contributed by atoms with Crippen LogP contribution in [0.15, 0.2) is 59.5 Å². The molecule has 0 unspecified atom stereocenters. The van der Waals surface area contributed by atoms with Gasteiger partial charge in [-0.25, -0.2) is 9.97 Å². The Kier molecular flexibility index (Phi) is 5.60. The first-order chi connectivity index (χ1) is 14.2. The van der Waals surface area contributed by atoms with Crippen molar-refractivity contribution in [2.24, 2.45) is 0 Å². The molecule has 0 saturated carbocycles. The highest BCUT2D eigenvalue weighted by atomic mass is 16.5. The highest BCUT2D eigenvalue weighted by Crippen LogP contribution is 2.28. The van der Waals surface area contributed by atoms with Crippen molar-refractivity contribution in [1.82, 2.24) is 15.3 Å². The Hall–Kier alpha value is -3.55. The second kappa shape index (κ2) is 8.64. The first-order valence-corrected chi connectivity index (χ1v) is 9.50. The summed E-state index contributed by atoms with van der Waals surface area (Å²) in [5.74, 6) is 1.98. The third-order valence-corrected chi connectivity index (χ3v) is 4.89. The zero-order valence-corrected chi connectivity index (χ0v) is 16.2. The van der Waals surface area contributed by atoms with Crippen molar-refractivity contribution in [3.63, 3.8) is 0 Å². The minimum atomic E-state index is -0.228. The normalized spacial score (nSPS) is 14.0. The molecule has 1 N–H and O–H groups in total. The number of ether oxygens (including phenoxy) is 1. The molecule has 8 nitrogen and oxygen atoms in total. The van der Waals surface area contributed by atoms with E-state index in [1.54, 1.807) is 31.8 Å². The van der Waals surface area contributed by atoms with E-state index in [1.165, 1.54) is 0 Å². The Morgan fingerprint density at radius 3 is 2.48 bits per heavy atom. The van der Waals surface area contributed by atoms with Gasteiger partial charge in [0, 0.05) is 38.6 Å². The van der Waals surface area contributed by atoms with Gasteiger partial charge in [-0.3, -0.25) is 4.79 Å². The van der Waals surface area contributed by atoms with Crippen LogP contribution in [0, 0.1) is 0 Å². The third kappa shape index (κ3) is 4.31. The smallest absolute Gasteiger partial charge is 0.254 e. The van der Waals surface area contributed by atoms with Crippen LogP contribution >= 0.6 is 0 Å².